The molecule has 1 amide bonds. The van der Waals surface area contributed by atoms with Crippen LogP contribution in [0.1, 0.15) is 32.8 Å². The summed E-state index contributed by atoms with van der Waals surface area (Å²) in [5.41, 5.74) is 2.20. The van der Waals surface area contributed by atoms with Crippen LogP contribution < -0.4 is 16.0 Å². The van der Waals surface area contributed by atoms with E-state index in [1.54, 1.807) is 7.11 Å². The fraction of sp³-hybridized carbons (Fsp3) is 0.600. The summed E-state index contributed by atoms with van der Waals surface area (Å²) < 4.78 is 5.03. The van der Waals surface area contributed by atoms with Gasteiger partial charge in [-0.25, -0.2) is 4.99 Å². The van der Waals surface area contributed by atoms with Crippen LogP contribution in [0, 0.1) is 0 Å². The van der Waals surface area contributed by atoms with E-state index >= 15 is 0 Å². The average molecular weight is 378 g/mol. The number of aliphatic imine (C=N–C) groups is 1. The smallest absolute Gasteiger partial charge is 0.224 e. The van der Waals surface area contributed by atoms with Crippen LogP contribution in [-0.4, -0.2) is 63.2 Å². The summed E-state index contributed by atoms with van der Waals surface area (Å²) in [5.74, 6) is 0.895. The van der Waals surface area contributed by atoms with Crippen LogP contribution in [0.5, 0.6) is 0 Å². The topological polar surface area (TPSA) is 78.0 Å². The largest absolute Gasteiger partial charge is 0.383 e. The molecule has 1 aromatic rings. The molecule has 0 saturated heterocycles. The van der Waals surface area contributed by atoms with Gasteiger partial charge in [0.2, 0.25) is 5.91 Å². The number of hydrogen-bond acceptors (Lipinski definition) is 4. The Balaban J connectivity index is 2.49. The predicted octanol–water partition coefficient (Wildman–Crippen LogP) is 2.06. The Morgan fingerprint density at radius 3 is 2.37 bits per heavy atom. The van der Waals surface area contributed by atoms with Crippen LogP contribution in [-0.2, 0) is 16.1 Å². The molecule has 0 unspecified atom stereocenters. The molecule has 0 bridgehead atoms. The van der Waals surface area contributed by atoms with Gasteiger partial charge in [-0.05, 0) is 38.5 Å². The first kappa shape index (κ1) is 22.8. The highest BCUT2D eigenvalue weighted by Crippen LogP contribution is 2.10. The summed E-state index contributed by atoms with van der Waals surface area (Å²) in [7, 11) is 1.69. The van der Waals surface area contributed by atoms with Crippen molar-refractivity contribution in [1.29, 1.82) is 0 Å². The van der Waals surface area contributed by atoms with Crippen LogP contribution >= 0.6 is 0 Å². The number of rotatable bonds is 12. The third-order valence-electron chi connectivity index (χ3n) is 4.10. The van der Waals surface area contributed by atoms with Gasteiger partial charge in [-0.2, -0.15) is 0 Å². The highest BCUT2D eigenvalue weighted by atomic mass is 16.5. The number of ether oxygens (including phenoxy) is 1. The molecular formula is C20H35N5O2. The molecule has 1 aromatic carbocycles. The second kappa shape index (κ2) is 13.9. The molecule has 0 atom stereocenters. The fourth-order valence-electron chi connectivity index (χ4n) is 2.56. The molecule has 0 spiro atoms. The lowest BCUT2D eigenvalue weighted by molar-refractivity contribution is -0.130. The number of hydrogen-bond donors (Lipinski definition) is 3. The highest BCUT2D eigenvalue weighted by Gasteiger charge is 2.09. The van der Waals surface area contributed by atoms with Crippen molar-refractivity contribution in [2.24, 2.45) is 4.99 Å². The number of nitrogens with zero attached hydrogens (tertiary/aromatic N) is 2. The van der Waals surface area contributed by atoms with Gasteiger partial charge >= 0.3 is 0 Å². The molecular weight excluding hydrogens is 342 g/mol. The van der Waals surface area contributed by atoms with Gasteiger partial charge in [-0.1, -0.05) is 12.1 Å². The molecule has 7 heteroatoms. The minimum atomic E-state index is 0.167. The Bertz CT molecular complexity index is 556. The number of carbonyl (C=O) groups is 1. The van der Waals surface area contributed by atoms with Crippen LogP contribution in [0.15, 0.2) is 29.3 Å². The molecule has 0 radical (unpaired) electrons. The van der Waals surface area contributed by atoms with Gasteiger partial charge in [-0.15, -0.1) is 0 Å². The van der Waals surface area contributed by atoms with Crippen LogP contribution in [0.2, 0.25) is 0 Å². The van der Waals surface area contributed by atoms with Gasteiger partial charge in [0, 0.05) is 51.9 Å². The van der Waals surface area contributed by atoms with Crippen molar-refractivity contribution in [2.45, 2.75) is 33.7 Å². The van der Waals surface area contributed by atoms with Crippen LogP contribution in [0.25, 0.3) is 0 Å². The third-order valence-corrected chi connectivity index (χ3v) is 4.10. The lowest BCUT2D eigenvalue weighted by Gasteiger charge is -2.19. The van der Waals surface area contributed by atoms with Crippen LogP contribution in [0.4, 0.5) is 5.69 Å². The summed E-state index contributed by atoms with van der Waals surface area (Å²) in [6.45, 7) is 10.9. The Hall–Kier alpha value is -2.28. The van der Waals surface area contributed by atoms with E-state index in [-0.39, 0.29) is 5.91 Å². The Labute approximate surface area is 163 Å². The third kappa shape index (κ3) is 9.28. The number of nitrogens with one attached hydrogen (secondary N) is 3. The second-order valence-corrected chi connectivity index (χ2v) is 6.05. The van der Waals surface area contributed by atoms with Crippen molar-refractivity contribution in [3.8, 4) is 0 Å². The van der Waals surface area contributed by atoms with Gasteiger partial charge in [0.15, 0.2) is 5.96 Å². The fourth-order valence-corrected chi connectivity index (χ4v) is 2.56. The standard InChI is InChI=1S/C20H35N5O2/c1-5-21-20(23-13-12-19(26)25(6-2)7-3)24-16-17-8-10-18(11-9-17)22-14-15-27-4/h8-11,22H,5-7,12-16H2,1-4H3,(H2,21,23,24). The van der Waals surface area contributed by atoms with E-state index < -0.39 is 0 Å². The molecule has 0 saturated carbocycles. The first-order valence-electron chi connectivity index (χ1n) is 9.76. The van der Waals surface area contributed by atoms with Crippen molar-refractivity contribution < 1.29 is 9.53 Å². The number of anilines is 1. The van der Waals surface area contributed by atoms with Crippen molar-refractivity contribution in [2.75, 3.05) is 51.8 Å². The predicted molar refractivity (Wildman–Crippen MR) is 112 cm³/mol. The Kier molecular flexibility index (Phi) is 11.7. The normalized spacial score (nSPS) is 11.2. The molecule has 3 N–H and O–H groups in total. The van der Waals surface area contributed by atoms with Gasteiger partial charge in [-0.3, -0.25) is 4.79 Å². The molecule has 0 fully saturated rings. The second-order valence-electron chi connectivity index (χ2n) is 6.05. The van der Waals surface area contributed by atoms with Gasteiger partial charge in [0.25, 0.3) is 0 Å². The maximum Gasteiger partial charge on any atom is 0.224 e. The quantitative estimate of drug-likeness (QED) is 0.295. The summed E-state index contributed by atoms with van der Waals surface area (Å²) in [5, 5.41) is 9.75. The molecule has 0 aliphatic heterocycles. The molecule has 0 aliphatic rings. The maximum absolute atomic E-state index is 12.1. The number of benzene rings is 1. The average Bonchev–Trinajstić information content (AvgIpc) is 2.68. The van der Waals surface area contributed by atoms with E-state index in [1.165, 1.54) is 0 Å². The van der Waals surface area contributed by atoms with Crippen LogP contribution in [0.3, 0.4) is 0 Å². The summed E-state index contributed by atoms with van der Waals surface area (Å²) in [6, 6.07) is 8.21. The first-order chi connectivity index (χ1) is 13.1. The van der Waals surface area contributed by atoms with Gasteiger partial charge in [0.1, 0.15) is 0 Å². The minimum absolute atomic E-state index is 0.167. The lowest BCUT2D eigenvalue weighted by atomic mass is 10.2. The maximum atomic E-state index is 12.1. The molecule has 0 aromatic heterocycles. The van der Waals surface area contributed by atoms with E-state index in [0.29, 0.717) is 26.1 Å². The Morgan fingerprint density at radius 1 is 1.07 bits per heavy atom. The number of guanidine groups is 1. The molecule has 1 rings (SSSR count). The van der Waals surface area contributed by atoms with E-state index in [4.69, 9.17) is 4.74 Å². The minimum Gasteiger partial charge on any atom is -0.383 e. The van der Waals surface area contributed by atoms with Gasteiger partial charge in [0.05, 0.1) is 13.2 Å². The lowest BCUT2D eigenvalue weighted by Crippen LogP contribution is -2.40. The number of carbonyl (C=O) groups excluding carboxylic acids is 1. The molecule has 0 heterocycles. The molecule has 27 heavy (non-hydrogen) atoms. The van der Waals surface area contributed by atoms with E-state index in [0.717, 1.165) is 43.4 Å². The zero-order chi connectivity index (χ0) is 19.9. The van der Waals surface area contributed by atoms with Crippen molar-refractivity contribution in [3.63, 3.8) is 0 Å². The number of amides is 1. The summed E-state index contributed by atoms with van der Waals surface area (Å²) in [6.07, 6.45) is 0.466. The van der Waals surface area contributed by atoms with E-state index in [2.05, 4.69) is 33.1 Å². The van der Waals surface area contributed by atoms with Crippen molar-refractivity contribution >= 4 is 17.6 Å². The van der Waals surface area contributed by atoms with Gasteiger partial charge < -0.3 is 25.6 Å². The van der Waals surface area contributed by atoms with Crippen molar-refractivity contribution in [3.05, 3.63) is 29.8 Å². The number of methoxy groups -OCH3 is 1. The highest BCUT2D eigenvalue weighted by molar-refractivity contribution is 5.81. The molecule has 0 aliphatic carbocycles. The SMILES string of the molecule is CCNC(=NCc1ccc(NCCOC)cc1)NCCC(=O)N(CC)CC. The van der Waals surface area contributed by atoms with E-state index in [1.807, 2.05) is 37.8 Å². The van der Waals surface area contributed by atoms with E-state index in [9.17, 15) is 4.79 Å². The van der Waals surface area contributed by atoms with Crippen molar-refractivity contribution in [1.82, 2.24) is 15.5 Å². The zero-order valence-electron chi connectivity index (χ0n) is 17.2. The monoisotopic (exact) mass is 377 g/mol. The molecule has 152 valence electrons. The Morgan fingerprint density at radius 2 is 1.78 bits per heavy atom. The summed E-state index contributed by atoms with van der Waals surface area (Å²) >= 11 is 0. The summed E-state index contributed by atoms with van der Waals surface area (Å²) in [4.78, 5) is 18.5. The zero-order valence-corrected chi connectivity index (χ0v) is 17.2. The first-order valence-corrected chi connectivity index (χ1v) is 9.76. The molecule has 7 nitrogen and oxygen atoms in total.